The van der Waals surface area contributed by atoms with Crippen LogP contribution in [0.2, 0.25) is 0 Å². The topological polar surface area (TPSA) is 61.7 Å². The van der Waals surface area contributed by atoms with E-state index >= 15 is 0 Å². The van der Waals surface area contributed by atoms with Crippen molar-refractivity contribution in [3.63, 3.8) is 0 Å². The second kappa shape index (κ2) is 6.26. The van der Waals surface area contributed by atoms with E-state index in [9.17, 15) is 10.2 Å². The van der Waals surface area contributed by atoms with E-state index in [0.717, 1.165) is 31.2 Å². The molecule has 0 radical (unpaired) electrons. The lowest BCUT2D eigenvalue weighted by molar-refractivity contribution is 0.00467. The van der Waals surface area contributed by atoms with Gasteiger partial charge < -0.3 is 20.3 Å². The summed E-state index contributed by atoms with van der Waals surface area (Å²) >= 11 is 0. The quantitative estimate of drug-likeness (QED) is 0.763. The fraction of sp³-hybridized carbons (Fsp3) is 0.600. The third kappa shape index (κ3) is 3.85. The van der Waals surface area contributed by atoms with Gasteiger partial charge in [0.05, 0.1) is 12.7 Å². The highest BCUT2D eigenvalue weighted by Crippen LogP contribution is 2.28. The van der Waals surface area contributed by atoms with E-state index in [4.69, 9.17) is 4.74 Å². The zero-order valence-electron chi connectivity index (χ0n) is 11.5. The van der Waals surface area contributed by atoms with Crippen LogP contribution in [0.5, 0.6) is 11.5 Å². The third-order valence-corrected chi connectivity index (χ3v) is 3.81. The maximum atomic E-state index is 10.4. The van der Waals surface area contributed by atoms with Crippen molar-refractivity contribution < 1.29 is 14.9 Å². The van der Waals surface area contributed by atoms with Gasteiger partial charge in [0.1, 0.15) is 0 Å². The predicted octanol–water partition coefficient (Wildman–Crippen LogP) is 2.19. The smallest absolute Gasteiger partial charge is 0.160 e. The molecule has 0 spiro atoms. The van der Waals surface area contributed by atoms with Crippen molar-refractivity contribution in [2.24, 2.45) is 0 Å². The molecule has 1 fully saturated rings. The molecule has 0 heterocycles. The number of nitrogens with one attached hydrogen (secondary N) is 1. The first-order valence-electron chi connectivity index (χ1n) is 6.92. The molecule has 0 aliphatic heterocycles. The van der Waals surface area contributed by atoms with Gasteiger partial charge in [0.2, 0.25) is 0 Å². The average Bonchev–Trinajstić information content (AvgIpc) is 2.39. The van der Waals surface area contributed by atoms with Gasteiger partial charge >= 0.3 is 0 Å². The Morgan fingerprint density at radius 1 is 1.26 bits per heavy atom. The van der Waals surface area contributed by atoms with E-state index in [1.165, 1.54) is 13.5 Å². The molecule has 106 valence electrons. The Balaban J connectivity index is 1.83. The maximum Gasteiger partial charge on any atom is 0.160 e. The molecule has 0 atom stereocenters. The standard InChI is InChI=1S/C15H23NO3/c1-19-14-6-5-12(9-13(14)17)10-16-11-15(18)7-3-2-4-8-15/h5-6,9,16-18H,2-4,7-8,10-11H2,1H3. The van der Waals surface area contributed by atoms with Crippen molar-refractivity contribution in [1.82, 2.24) is 5.32 Å². The van der Waals surface area contributed by atoms with Gasteiger partial charge in [0.25, 0.3) is 0 Å². The molecule has 0 bridgehead atoms. The van der Waals surface area contributed by atoms with Crippen LogP contribution >= 0.6 is 0 Å². The number of phenols is 1. The number of aromatic hydroxyl groups is 1. The lowest BCUT2D eigenvalue weighted by Gasteiger charge is -2.32. The zero-order chi connectivity index (χ0) is 13.7. The fourth-order valence-electron chi connectivity index (χ4n) is 2.67. The monoisotopic (exact) mass is 265 g/mol. The summed E-state index contributed by atoms with van der Waals surface area (Å²) in [5.41, 5.74) is 0.435. The molecular formula is C15H23NO3. The Hall–Kier alpha value is -1.26. The van der Waals surface area contributed by atoms with Crippen LogP contribution in [-0.4, -0.2) is 29.5 Å². The number of benzene rings is 1. The normalized spacial score (nSPS) is 18.2. The minimum atomic E-state index is -0.549. The second-order valence-electron chi connectivity index (χ2n) is 5.39. The summed E-state index contributed by atoms with van der Waals surface area (Å²) in [6.45, 7) is 1.25. The summed E-state index contributed by atoms with van der Waals surface area (Å²) in [5.74, 6) is 0.632. The van der Waals surface area contributed by atoms with Gasteiger partial charge in [-0.1, -0.05) is 25.3 Å². The summed E-state index contributed by atoms with van der Waals surface area (Å²) in [5, 5.41) is 23.3. The number of hydrogen-bond donors (Lipinski definition) is 3. The number of methoxy groups -OCH3 is 1. The Morgan fingerprint density at radius 3 is 2.63 bits per heavy atom. The van der Waals surface area contributed by atoms with Crippen LogP contribution in [-0.2, 0) is 6.54 Å². The molecule has 19 heavy (non-hydrogen) atoms. The minimum absolute atomic E-state index is 0.151. The van der Waals surface area contributed by atoms with Crippen molar-refractivity contribution in [3.8, 4) is 11.5 Å². The van der Waals surface area contributed by atoms with Gasteiger partial charge in [-0.3, -0.25) is 0 Å². The zero-order valence-corrected chi connectivity index (χ0v) is 11.5. The first-order chi connectivity index (χ1) is 9.13. The van der Waals surface area contributed by atoms with Crippen molar-refractivity contribution in [3.05, 3.63) is 23.8 Å². The molecule has 1 aliphatic rings. The molecule has 1 saturated carbocycles. The van der Waals surface area contributed by atoms with Crippen LogP contribution < -0.4 is 10.1 Å². The lowest BCUT2D eigenvalue weighted by atomic mass is 9.85. The summed E-state index contributed by atoms with van der Waals surface area (Å²) < 4.78 is 5.01. The van der Waals surface area contributed by atoms with Gasteiger partial charge in [0, 0.05) is 13.1 Å². The van der Waals surface area contributed by atoms with Gasteiger partial charge in [-0.2, -0.15) is 0 Å². The van der Waals surface area contributed by atoms with Crippen LogP contribution in [0.1, 0.15) is 37.7 Å². The minimum Gasteiger partial charge on any atom is -0.504 e. The van der Waals surface area contributed by atoms with E-state index in [1.807, 2.05) is 6.07 Å². The number of ether oxygens (including phenoxy) is 1. The summed E-state index contributed by atoms with van der Waals surface area (Å²) in [4.78, 5) is 0. The molecule has 4 heteroatoms. The van der Waals surface area contributed by atoms with E-state index in [0.29, 0.717) is 18.8 Å². The lowest BCUT2D eigenvalue weighted by Crippen LogP contribution is -2.41. The first kappa shape index (κ1) is 14.2. The Morgan fingerprint density at radius 2 is 2.00 bits per heavy atom. The van der Waals surface area contributed by atoms with Gasteiger partial charge in [-0.15, -0.1) is 0 Å². The van der Waals surface area contributed by atoms with Crippen molar-refractivity contribution in [2.45, 2.75) is 44.2 Å². The molecule has 1 aromatic carbocycles. The Bertz CT molecular complexity index is 414. The predicted molar refractivity (Wildman–Crippen MR) is 74.4 cm³/mol. The molecule has 0 unspecified atom stereocenters. The molecule has 4 nitrogen and oxygen atoms in total. The highest BCUT2D eigenvalue weighted by molar-refractivity contribution is 5.41. The van der Waals surface area contributed by atoms with Crippen LogP contribution in [0.3, 0.4) is 0 Å². The molecule has 3 N–H and O–H groups in total. The number of rotatable bonds is 5. The van der Waals surface area contributed by atoms with Gasteiger partial charge in [-0.25, -0.2) is 0 Å². The largest absolute Gasteiger partial charge is 0.504 e. The third-order valence-electron chi connectivity index (χ3n) is 3.81. The SMILES string of the molecule is COc1ccc(CNCC2(O)CCCCC2)cc1O. The van der Waals surface area contributed by atoms with E-state index in [2.05, 4.69) is 5.32 Å². The van der Waals surface area contributed by atoms with Crippen LogP contribution in [0.25, 0.3) is 0 Å². The van der Waals surface area contributed by atoms with Crippen molar-refractivity contribution in [2.75, 3.05) is 13.7 Å². The van der Waals surface area contributed by atoms with Crippen LogP contribution in [0.4, 0.5) is 0 Å². The molecule has 1 aromatic rings. The van der Waals surface area contributed by atoms with E-state index < -0.39 is 5.60 Å². The molecule has 0 amide bonds. The van der Waals surface area contributed by atoms with Crippen molar-refractivity contribution >= 4 is 0 Å². The molecule has 1 aliphatic carbocycles. The molecular weight excluding hydrogens is 242 g/mol. The number of aliphatic hydroxyl groups is 1. The van der Waals surface area contributed by atoms with Crippen LogP contribution in [0, 0.1) is 0 Å². The summed E-state index contributed by atoms with van der Waals surface area (Å²) in [6.07, 6.45) is 5.22. The molecule has 0 aromatic heterocycles. The molecule has 0 saturated heterocycles. The fourth-order valence-corrected chi connectivity index (χ4v) is 2.67. The van der Waals surface area contributed by atoms with E-state index in [1.54, 1.807) is 12.1 Å². The number of phenolic OH excluding ortho intramolecular Hbond substituents is 1. The molecule has 2 rings (SSSR count). The van der Waals surface area contributed by atoms with Gasteiger partial charge in [-0.05, 0) is 30.5 Å². The number of hydrogen-bond acceptors (Lipinski definition) is 4. The van der Waals surface area contributed by atoms with Crippen LogP contribution in [0.15, 0.2) is 18.2 Å². The Labute approximate surface area is 114 Å². The van der Waals surface area contributed by atoms with Gasteiger partial charge in [0.15, 0.2) is 11.5 Å². The van der Waals surface area contributed by atoms with E-state index in [-0.39, 0.29) is 5.75 Å². The highest BCUT2D eigenvalue weighted by Gasteiger charge is 2.28. The van der Waals surface area contributed by atoms with Crippen molar-refractivity contribution in [1.29, 1.82) is 0 Å². The highest BCUT2D eigenvalue weighted by atomic mass is 16.5. The Kier molecular flexibility index (Phi) is 4.66. The first-order valence-corrected chi connectivity index (χ1v) is 6.92. The maximum absolute atomic E-state index is 10.4. The average molecular weight is 265 g/mol. The summed E-state index contributed by atoms with van der Waals surface area (Å²) in [7, 11) is 1.53. The second-order valence-corrected chi connectivity index (χ2v) is 5.39. The summed E-state index contributed by atoms with van der Waals surface area (Å²) in [6, 6.07) is 5.36.